The van der Waals surface area contributed by atoms with Crippen LogP contribution < -0.4 is 5.73 Å². The van der Waals surface area contributed by atoms with Gasteiger partial charge in [0.25, 0.3) is 11.6 Å². The molecule has 2 atom stereocenters. The molecule has 2 aliphatic rings. The lowest BCUT2D eigenvalue weighted by Gasteiger charge is -2.32. The second-order valence-electron chi connectivity index (χ2n) is 5.20. The zero-order valence-corrected chi connectivity index (χ0v) is 10.8. The van der Waals surface area contributed by atoms with Crippen LogP contribution in [0.5, 0.6) is 0 Å². The minimum absolute atomic E-state index is 0.0811. The molecule has 3 rings (SSSR count). The Balaban J connectivity index is 1.86. The largest absolute Gasteiger partial charge is 0.398 e. The Hall–Kier alpha value is -2.15. The van der Waals surface area contributed by atoms with Crippen LogP contribution in [-0.2, 0) is 4.74 Å². The number of ether oxygens (including phenoxy) is 1. The fourth-order valence-corrected chi connectivity index (χ4v) is 2.79. The van der Waals surface area contributed by atoms with Gasteiger partial charge in [-0.05, 0) is 18.9 Å². The molecular weight excluding hydrogens is 262 g/mol. The fourth-order valence-electron chi connectivity index (χ4n) is 2.79. The number of hydrogen-bond acceptors (Lipinski definition) is 5. The van der Waals surface area contributed by atoms with Gasteiger partial charge in [-0.15, -0.1) is 0 Å². The van der Waals surface area contributed by atoms with Gasteiger partial charge in [0.05, 0.1) is 22.7 Å². The third kappa shape index (κ3) is 2.20. The van der Waals surface area contributed by atoms with Crippen LogP contribution in [0.15, 0.2) is 18.2 Å². The van der Waals surface area contributed by atoms with Crippen molar-refractivity contribution in [2.24, 2.45) is 0 Å². The number of carbonyl (C=O) groups is 1. The van der Waals surface area contributed by atoms with E-state index in [4.69, 9.17) is 10.5 Å². The van der Waals surface area contributed by atoms with Crippen molar-refractivity contribution in [1.29, 1.82) is 0 Å². The van der Waals surface area contributed by atoms with Gasteiger partial charge < -0.3 is 15.4 Å². The standard InChI is InChI=1S/C13H15N3O4/c14-12-4-1-8(16(18)19)5-11(12)13(17)15-6-9-2-3-10(7-15)20-9/h1,4-5,9-10H,2-3,6-7,14H2. The maximum atomic E-state index is 12.5. The molecule has 7 nitrogen and oxygen atoms in total. The van der Waals surface area contributed by atoms with Gasteiger partial charge in [0.1, 0.15) is 0 Å². The highest BCUT2D eigenvalue weighted by Gasteiger charge is 2.36. The van der Waals surface area contributed by atoms with E-state index in [-0.39, 0.29) is 35.1 Å². The van der Waals surface area contributed by atoms with Gasteiger partial charge in [-0.2, -0.15) is 0 Å². The highest BCUT2D eigenvalue weighted by Crippen LogP contribution is 2.28. The molecule has 0 aromatic heterocycles. The number of rotatable bonds is 2. The van der Waals surface area contributed by atoms with Crippen molar-refractivity contribution >= 4 is 17.3 Å². The summed E-state index contributed by atoms with van der Waals surface area (Å²) in [6.45, 7) is 1.05. The molecule has 2 heterocycles. The number of anilines is 1. The number of carbonyl (C=O) groups excluding carboxylic acids is 1. The Labute approximate surface area is 115 Å². The van der Waals surface area contributed by atoms with Crippen molar-refractivity contribution < 1.29 is 14.5 Å². The molecule has 0 spiro atoms. The molecule has 2 saturated heterocycles. The molecule has 2 aliphatic heterocycles. The summed E-state index contributed by atoms with van der Waals surface area (Å²) >= 11 is 0. The lowest BCUT2D eigenvalue weighted by atomic mass is 10.1. The average molecular weight is 277 g/mol. The molecule has 0 radical (unpaired) electrons. The lowest BCUT2D eigenvalue weighted by molar-refractivity contribution is -0.384. The zero-order valence-electron chi connectivity index (χ0n) is 10.8. The predicted molar refractivity (Wildman–Crippen MR) is 71.3 cm³/mol. The van der Waals surface area contributed by atoms with Gasteiger partial charge in [0, 0.05) is 30.9 Å². The molecule has 2 fully saturated rings. The number of non-ortho nitro benzene ring substituents is 1. The third-order valence-corrected chi connectivity index (χ3v) is 3.81. The first-order valence-corrected chi connectivity index (χ1v) is 6.53. The second-order valence-corrected chi connectivity index (χ2v) is 5.20. The van der Waals surface area contributed by atoms with Crippen molar-refractivity contribution in [2.45, 2.75) is 25.0 Å². The van der Waals surface area contributed by atoms with Gasteiger partial charge in [-0.3, -0.25) is 14.9 Å². The Bertz CT molecular complexity index is 563. The van der Waals surface area contributed by atoms with Gasteiger partial charge in [-0.25, -0.2) is 0 Å². The molecule has 0 aliphatic carbocycles. The molecule has 2 N–H and O–H groups in total. The number of nitro groups is 1. The van der Waals surface area contributed by atoms with E-state index < -0.39 is 4.92 Å². The summed E-state index contributed by atoms with van der Waals surface area (Å²) in [7, 11) is 0. The maximum Gasteiger partial charge on any atom is 0.270 e. The molecule has 20 heavy (non-hydrogen) atoms. The summed E-state index contributed by atoms with van der Waals surface area (Å²) in [4.78, 5) is 24.4. The lowest BCUT2D eigenvalue weighted by Crippen LogP contribution is -2.46. The second kappa shape index (κ2) is 4.75. The van der Waals surface area contributed by atoms with Crippen LogP contribution in [0, 0.1) is 10.1 Å². The Kier molecular flexibility index (Phi) is 3.06. The predicted octanol–water partition coefficient (Wildman–Crippen LogP) is 1.18. The van der Waals surface area contributed by atoms with E-state index in [1.165, 1.54) is 18.2 Å². The quantitative estimate of drug-likeness (QED) is 0.497. The van der Waals surface area contributed by atoms with Crippen molar-refractivity contribution in [3.8, 4) is 0 Å². The molecule has 1 aromatic rings. The molecule has 0 saturated carbocycles. The number of nitrogens with zero attached hydrogens (tertiary/aromatic N) is 2. The minimum atomic E-state index is -0.529. The van der Waals surface area contributed by atoms with Gasteiger partial charge >= 0.3 is 0 Å². The number of likely N-dealkylation sites (tertiary alicyclic amines) is 1. The van der Waals surface area contributed by atoms with Crippen LogP contribution in [0.3, 0.4) is 0 Å². The SMILES string of the molecule is Nc1ccc([N+](=O)[O-])cc1C(=O)N1CC2CCC(C1)O2. The summed E-state index contributed by atoms with van der Waals surface area (Å²) in [6.07, 6.45) is 2.08. The van der Waals surface area contributed by atoms with Crippen LogP contribution in [0.25, 0.3) is 0 Å². The summed E-state index contributed by atoms with van der Waals surface area (Å²) in [5.41, 5.74) is 6.11. The number of fused-ring (bicyclic) bond motifs is 2. The molecule has 106 valence electrons. The number of amides is 1. The normalized spacial score (nSPS) is 24.7. The van der Waals surface area contributed by atoms with E-state index in [1.807, 2.05) is 0 Å². The monoisotopic (exact) mass is 277 g/mol. The van der Waals surface area contributed by atoms with Crippen LogP contribution in [0.1, 0.15) is 23.2 Å². The molecule has 1 aromatic carbocycles. The third-order valence-electron chi connectivity index (χ3n) is 3.81. The summed E-state index contributed by atoms with van der Waals surface area (Å²) < 4.78 is 5.67. The number of nitrogens with two attached hydrogens (primary N) is 1. The fraction of sp³-hybridized carbons (Fsp3) is 0.462. The van der Waals surface area contributed by atoms with Gasteiger partial charge in [-0.1, -0.05) is 0 Å². The number of hydrogen-bond donors (Lipinski definition) is 1. The average Bonchev–Trinajstić information content (AvgIpc) is 2.77. The Morgan fingerprint density at radius 1 is 1.35 bits per heavy atom. The molecule has 2 unspecified atom stereocenters. The first-order valence-electron chi connectivity index (χ1n) is 6.53. The van der Waals surface area contributed by atoms with Crippen molar-refractivity contribution in [3.05, 3.63) is 33.9 Å². The van der Waals surface area contributed by atoms with Crippen molar-refractivity contribution in [1.82, 2.24) is 4.90 Å². The van der Waals surface area contributed by atoms with Crippen molar-refractivity contribution in [2.75, 3.05) is 18.8 Å². The molecular formula is C13H15N3O4. The Morgan fingerprint density at radius 2 is 2.00 bits per heavy atom. The number of morpholine rings is 1. The van der Waals surface area contributed by atoms with E-state index in [2.05, 4.69) is 0 Å². The van der Waals surface area contributed by atoms with Crippen molar-refractivity contribution in [3.63, 3.8) is 0 Å². The van der Waals surface area contributed by atoms with Crippen LogP contribution in [-0.4, -0.2) is 41.0 Å². The first-order chi connectivity index (χ1) is 9.54. The topological polar surface area (TPSA) is 98.7 Å². The van der Waals surface area contributed by atoms with Crippen LogP contribution >= 0.6 is 0 Å². The van der Waals surface area contributed by atoms with E-state index in [0.29, 0.717) is 13.1 Å². The van der Waals surface area contributed by atoms with Crippen LogP contribution in [0.4, 0.5) is 11.4 Å². The molecule has 2 bridgehead atoms. The zero-order chi connectivity index (χ0) is 14.3. The summed E-state index contributed by atoms with van der Waals surface area (Å²) in [6, 6.07) is 3.95. The number of nitro benzene ring substituents is 1. The van der Waals surface area contributed by atoms with Gasteiger partial charge in [0.15, 0.2) is 0 Å². The first kappa shape index (κ1) is 12.9. The van der Waals surface area contributed by atoms with E-state index >= 15 is 0 Å². The molecule has 1 amide bonds. The minimum Gasteiger partial charge on any atom is -0.398 e. The highest BCUT2D eigenvalue weighted by atomic mass is 16.6. The summed E-state index contributed by atoms with van der Waals surface area (Å²) in [5, 5.41) is 10.8. The van der Waals surface area contributed by atoms with Gasteiger partial charge in [0.2, 0.25) is 0 Å². The Morgan fingerprint density at radius 3 is 2.60 bits per heavy atom. The highest BCUT2D eigenvalue weighted by molar-refractivity contribution is 5.99. The summed E-state index contributed by atoms with van der Waals surface area (Å²) in [5.74, 6) is -0.258. The van der Waals surface area contributed by atoms with E-state index in [0.717, 1.165) is 12.8 Å². The smallest absolute Gasteiger partial charge is 0.270 e. The molecule has 7 heteroatoms. The number of nitrogen functional groups attached to an aromatic ring is 1. The maximum absolute atomic E-state index is 12.5. The number of benzene rings is 1. The van der Waals surface area contributed by atoms with Crippen LogP contribution in [0.2, 0.25) is 0 Å². The van der Waals surface area contributed by atoms with E-state index in [1.54, 1.807) is 4.90 Å². The van der Waals surface area contributed by atoms with E-state index in [9.17, 15) is 14.9 Å².